The highest BCUT2D eigenvalue weighted by atomic mass is 16.1. The van der Waals surface area contributed by atoms with Crippen molar-refractivity contribution in [1.82, 2.24) is 10.3 Å². The molecule has 1 aromatic carbocycles. The van der Waals surface area contributed by atoms with Crippen molar-refractivity contribution in [2.24, 2.45) is 5.73 Å². The number of carbonyl (C=O) groups excluding carboxylic acids is 1. The van der Waals surface area contributed by atoms with E-state index in [4.69, 9.17) is 5.73 Å². The number of aromatic nitrogens is 1. The summed E-state index contributed by atoms with van der Waals surface area (Å²) < 4.78 is 0. The van der Waals surface area contributed by atoms with Crippen LogP contribution < -0.4 is 11.1 Å². The van der Waals surface area contributed by atoms with Crippen LogP contribution in [0.4, 0.5) is 0 Å². The van der Waals surface area contributed by atoms with E-state index in [0.29, 0.717) is 18.5 Å². The zero-order valence-electron chi connectivity index (χ0n) is 11.5. The van der Waals surface area contributed by atoms with Crippen molar-refractivity contribution >= 4 is 5.91 Å². The molecule has 0 aliphatic rings. The predicted octanol–water partition coefficient (Wildman–Crippen LogP) is 2.07. The van der Waals surface area contributed by atoms with E-state index in [9.17, 15) is 4.79 Å². The van der Waals surface area contributed by atoms with E-state index < -0.39 is 0 Å². The lowest BCUT2D eigenvalue weighted by molar-refractivity contribution is 0.0939. The highest BCUT2D eigenvalue weighted by Gasteiger charge is 2.11. The molecule has 2 rings (SSSR count). The predicted molar refractivity (Wildman–Crippen MR) is 79.3 cm³/mol. The average Bonchev–Trinajstić information content (AvgIpc) is 2.48. The highest BCUT2D eigenvalue weighted by Crippen LogP contribution is 2.12. The summed E-state index contributed by atoms with van der Waals surface area (Å²) in [6.45, 7) is 2.49. The third-order valence-electron chi connectivity index (χ3n) is 3.13. The first-order valence-corrected chi connectivity index (χ1v) is 6.71. The molecule has 1 aromatic heterocycles. The molecule has 2 aromatic rings. The number of rotatable bonds is 5. The molecule has 4 nitrogen and oxygen atoms in total. The molecule has 0 bridgehead atoms. The van der Waals surface area contributed by atoms with Crippen LogP contribution in [0.2, 0.25) is 0 Å². The lowest BCUT2D eigenvalue weighted by Crippen LogP contribution is -2.26. The Bertz CT molecular complexity index is 569. The second-order valence-corrected chi connectivity index (χ2v) is 4.68. The fourth-order valence-electron chi connectivity index (χ4n) is 2.01. The van der Waals surface area contributed by atoms with Crippen LogP contribution >= 0.6 is 0 Å². The summed E-state index contributed by atoms with van der Waals surface area (Å²) in [7, 11) is 0. The van der Waals surface area contributed by atoms with E-state index >= 15 is 0 Å². The van der Waals surface area contributed by atoms with Gasteiger partial charge in [-0.05, 0) is 31.2 Å². The maximum Gasteiger partial charge on any atom is 0.251 e. The van der Waals surface area contributed by atoms with Gasteiger partial charge in [-0.25, -0.2) is 0 Å². The lowest BCUT2D eigenvalue weighted by atomic mass is 10.1. The SMILES string of the molecule is CC(NC(=O)c1ccnc(CCN)c1)c1ccccc1. The molecule has 1 amide bonds. The van der Waals surface area contributed by atoms with Gasteiger partial charge in [-0.1, -0.05) is 30.3 Å². The zero-order chi connectivity index (χ0) is 14.4. The summed E-state index contributed by atoms with van der Waals surface area (Å²) >= 11 is 0. The number of benzene rings is 1. The Kier molecular flexibility index (Phi) is 4.85. The van der Waals surface area contributed by atoms with Crippen LogP contribution in [0, 0.1) is 0 Å². The molecule has 4 heteroatoms. The molecule has 0 aliphatic carbocycles. The Labute approximate surface area is 119 Å². The van der Waals surface area contributed by atoms with E-state index in [0.717, 1.165) is 11.3 Å². The van der Waals surface area contributed by atoms with Gasteiger partial charge in [-0.3, -0.25) is 9.78 Å². The molecule has 0 fully saturated rings. The number of nitrogens with two attached hydrogens (primary N) is 1. The zero-order valence-corrected chi connectivity index (χ0v) is 11.5. The Morgan fingerprint density at radius 3 is 2.75 bits per heavy atom. The van der Waals surface area contributed by atoms with Gasteiger partial charge in [0, 0.05) is 23.9 Å². The van der Waals surface area contributed by atoms with E-state index in [1.165, 1.54) is 0 Å². The van der Waals surface area contributed by atoms with Gasteiger partial charge in [0.05, 0.1) is 6.04 Å². The fraction of sp³-hybridized carbons (Fsp3) is 0.250. The Hall–Kier alpha value is -2.20. The second kappa shape index (κ2) is 6.82. The molecule has 0 saturated carbocycles. The van der Waals surface area contributed by atoms with Crippen LogP contribution in [0.1, 0.15) is 34.6 Å². The van der Waals surface area contributed by atoms with Gasteiger partial charge in [-0.2, -0.15) is 0 Å². The number of amides is 1. The summed E-state index contributed by atoms with van der Waals surface area (Å²) in [5.41, 5.74) is 8.04. The summed E-state index contributed by atoms with van der Waals surface area (Å²) in [6.07, 6.45) is 2.32. The van der Waals surface area contributed by atoms with Crippen molar-refractivity contribution in [1.29, 1.82) is 0 Å². The second-order valence-electron chi connectivity index (χ2n) is 4.68. The van der Waals surface area contributed by atoms with Gasteiger partial charge >= 0.3 is 0 Å². The van der Waals surface area contributed by atoms with E-state index in [-0.39, 0.29) is 11.9 Å². The van der Waals surface area contributed by atoms with Gasteiger partial charge in [0.1, 0.15) is 0 Å². The van der Waals surface area contributed by atoms with Crippen LogP contribution in [0.15, 0.2) is 48.7 Å². The Morgan fingerprint density at radius 1 is 1.30 bits per heavy atom. The van der Waals surface area contributed by atoms with Crippen molar-refractivity contribution in [3.8, 4) is 0 Å². The van der Waals surface area contributed by atoms with Crippen LogP contribution in [-0.2, 0) is 6.42 Å². The van der Waals surface area contributed by atoms with Gasteiger partial charge in [0.25, 0.3) is 5.91 Å². The summed E-state index contributed by atoms with van der Waals surface area (Å²) in [6, 6.07) is 13.4. The van der Waals surface area contributed by atoms with Crippen LogP contribution in [0.5, 0.6) is 0 Å². The van der Waals surface area contributed by atoms with Gasteiger partial charge in [0.2, 0.25) is 0 Å². The third-order valence-corrected chi connectivity index (χ3v) is 3.13. The van der Waals surface area contributed by atoms with Crippen molar-refractivity contribution in [2.75, 3.05) is 6.54 Å². The molecule has 0 radical (unpaired) electrons. The highest BCUT2D eigenvalue weighted by molar-refractivity contribution is 5.94. The van der Waals surface area contributed by atoms with E-state index in [2.05, 4.69) is 10.3 Å². The summed E-state index contributed by atoms with van der Waals surface area (Å²) in [5, 5.41) is 2.98. The largest absolute Gasteiger partial charge is 0.346 e. The van der Waals surface area contributed by atoms with E-state index in [1.807, 2.05) is 37.3 Å². The lowest BCUT2D eigenvalue weighted by Gasteiger charge is -2.14. The molecule has 20 heavy (non-hydrogen) atoms. The number of carbonyl (C=O) groups is 1. The minimum Gasteiger partial charge on any atom is -0.346 e. The fourth-order valence-corrected chi connectivity index (χ4v) is 2.01. The minimum absolute atomic E-state index is 0.0326. The van der Waals surface area contributed by atoms with Crippen molar-refractivity contribution in [2.45, 2.75) is 19.4 Å². The molecule has 1 atom stereocenters. The van der Waals surface area contributed by atoms with Gasteiger partial charge < -0.3 is 11.1 Å². The normalized spacial score (nSPS) is 11.9. The maximum absolute atomic E-state index is 12.2. The van der Waals surface area contributed by atoms with Crippen LogP contribution in [0.3, 0.4) is 0 Å². The Balaban J connectivity index is 2.06. The van der Waals surface area contributed by atoms with Gasteiger partial charge in [-0.15, -0.1) is 0 Å². The monoisotopic (exact) mass is 269 g/mol. The first-order chi connectivity index (χ1) is 9.70. The third kappa shape index (κ3) is 3.65. The number of nitrogens with one attached hydrogen (secondary N) is 1. The first-order valence-electron chi connectivity index (χ1n) is 6.71. The molecule has 104 valence electrons. The van der Waals surface area contributed by atoms with Crippen LogP contribution in [-0.4, -0.2) is 17.4 Å². The smallest absolute Gasteiger partial charge is 0.251 e. The molecule has 1 unspecified atom stereocenters. The number of hydrogen-bond donors (Lipinski definition) is 2. The van der Waals surface area contributed by atoms with Crippen molar-refractivity contribution < 1.29 is 4.79 Å². The van der Waals surface area contributed by atoms with E-state index in [1.54, 1.807) is 18.3 Å². The van der Waals surface area contributed by atoms with Crippen LogP contribution in [0.25, 0.3) is 0 Å². The molecule has 3 N–H and O–H groups in total. The number of hydrogen-bond acceptors (Lipinski definition) is 3. The quantitative estimate of drug-likeness (QED) is 0.873. The van der Waals surface area contributed by atoms with Gasteiger partial charge in [0.15, 0.2) is 0 Å². The molecule has 1 heterocycles. The molecular weight excluding hydrogens is 250 g/mol. The van der Waals surface area contributed by atoms with Crippen molar-refractivity contribution in [3.05, 3.63) is 65.5 Å². The molecule has 0 aliphatic heterocycles. The maximum atomic E-state index is 12.2. The molecule has 0 spiro atoms. The summed E-state index contributed by atoms with van der Waals surface area (Å²) in [4.78, 5) is 16.4. The minimum atomic E-state index is -0.0953. The topological polar surface area (TPSA) is 68.0 Å². The number of pyridine rings is 1. The number of nitrogens with zero attached hydrogens (tertiary/aromatic N) is 1. The summed E-state index contributed by atoms with van der Waals surface area (Å²) in [5.74, 6) is -0.0953. The first kappa shape index (κ1) is 14.2. The average molecular weight is 269 g/mol. The molecule has 0 saturated heterocycles. The Morgan fingerprint density at radius 2 is 2.05 bits per heavy atom. The molecular formula is C16H19N3O. The van der Waals surface area contributed by atoms with Crippen molar-refractivity contribution in [3.63, 3.8) is 0 Å². The standard InChI is InChI=1S/C16H19N3O/c1-12(13-5-3-2-4-6-13)19-16(20)14-8-10-18-15(11-14)7-9-17/h2-6,8,10-12H,7,9,17H2,1H3,(H,19,20).